The van der Waals surface area contributed by atoms with Crippen LogP contribution in [0.25, 0.3) is 0 Å². The summed E-state index contributed by atoms with van der Waals surface area (Å²) in [6.07, 6.45) is 0. The number of aryl methyl sites for hydroxylation is 1. The average molecular weight is 402 g/mol. The van der Waals surface area contributed by atoms with Crippen LogP contribution < -0.4 is 5.56 Å². The molecule has 30 heavy (non-hydrogen) atoms. The number of aromatic nitrogens is 2. The van der Waals surface area contributed by atoms with Crippen LogP contribution in [0.15, 0.2) is 77.6 Å². The van der Waals surface area contributed by atoms with Crippen molar-refractivity contribution in [2.75, 3.05) is 26.2 Å². The number of hydrogen-bond acceptors (Lipinski definition) is 4. The number of carbonyl (C=O) groups excluding carboxylic acids is 1. The van der Waals surface area contributed by atoms with Crippen LogP contribution in [-0.4, -0.2) is 51.7 Å². The van der Waals surface area contributed by atoms with Crippen molar-refractivity contribution in [1.82, 2.24) is 19.6 Å². The van der Waals surface area contributed by atoms with E-state index < -0.39 is 0 Å². The van der Waals surface area contributed by atoms with Crippen LogP contribution in [-0.2, 0) is 6.54 Å². The molecule has 0 saturated carbocycles. The second kappa shape index (κ2) is 9.05. The van der Waals surface area contributed by atoms with Gasteiger partial charge < -0.3 is 4.90 Å². The van der Waals surface area contributed by atoms with Gasteiger partial charge in [0.05, 0.1) is 6.04 Å². The minimum absolute atomic E-state index is 0.118. The Balaban J connectivity index is 1.51. The molecular formula is C24H26N4O2. The molecule has 1 fully saturated rings. The zero-order chi connectivity index (χ0) is 20.9. The Labute approximate surface area is 176 Å². The minimum Gasteiger partial charge on any atom is -0.335 e. The van der Waals surface area contributed by atoms with E-state index in [2.05, 4.69) is 58.5 Å². The van der Waals surface area contributed by atoms with E-state index in [1.807, 2.05) is 24.0 Å². The van der Waals surface area contributed by atoms with Crippen LogP contribution in [0.3, 0.4) is 0 Å². The second-order valence-corrected chi connectivity index (χ2v) is 7.42. The highest BCUT2D eigenvalue weighted by molar-refractivity contribution is 5.92. The normalized spacial score (nSPS) is 14.8. The van der Waals surface area contributed by atoms with E-state index in [4.69, 9.17) is 0 Å². The summed E-state index contributed by atoms with van der Waals surface area (Å²) in [5.74, 6) is -0.118. The molecule has 0 aliphatic carbocycles. The fourth-order valence-electron chi connectivity index (χ4n) is 4.02. The Hall–Kier alpha value is -3.25. The van der Waals surface area contributed by atoms with Crippen molar-refractivity contribution in [3.63, 3.8) is 0 Å². The van der Waals surface area contributed by atoms with Crippen LogP contribution in [0.2, 0.25) is 0 Å². The Morgan fingerprint density at radius 3 is 1.97 bits per heavy atom. The topological polar surface area (TPSA) is 58.4 Å². The van der Waals surface area contributed by atoms with Crippen LogP contribution >= 0.6 is 0 Å². The SMILES string of the molecule is CCn1nc(C(=O)N2CCN(C(c3ccccc3)c3ccccc3)CC2)ccc1=O. The number of benzene rings is 2. The first-order chi connectivity index (χ1) is 14.7. The monoisotopic (exact) mass is 402 g/mol. The van der Waals surface area contributed by atoms with Crippen molar-refractivity contribution < 1.29 is 4.79 Å². The smallest absolute Gasteiger partial charge is 0.274 e. The van der Waals surface area contributed by atoms with E-state index in [1.54, 1.807) is 0 Å². The molecule has 154 valence electrons. The first-order valence-electron chi connectivity index (χ1n) is 10.4. The number of hydrogen-bond donors (Lipinski definition) is 0. The Morgan fingerprint density at radius 2 is 1.43 bits per heavy atom. The van der Waals surface area contributed by atoms with Crippen molar-refractivity contribution >= 4 is 5.91 Å². The molecule has 0 unspecified atom stereocenters. The fourth-order valence-corrected chi connectivity index (χ4v) is 4.02. The van der Waals surface area contributed by atoms with E-state index in [1.165, 1.54) is 27.9 Å². The molecule has 1 amide bonds. The van der Waals surface area contributed by atoms with E-state index in [9.17, 15) is 9.59 Å². The van der Waals surface area contributed by atoms with Crippen molar-refractivity contribution in [2.45, 2.75) is 19.5 Å². The molecule has 4 rings (SSSR count). The number of carbonyl (C=O) groups is 1. The molecular weight excluding hydrogens is 376 g/mol. The molecule has 2 aromatic carbocycles. The van der Waals surface area contributed by atoms with Crippen molar-refractivity contribution in [3.8, 4) is 0 Å². The summed E-state index contributed by atoms with van der Waals surface area (Å²) in [7, 11) is 0. The lowest BCUT2D eigenvalue weighted by atomic mass is 9.96. The zero-order valence-corrected chi connectivity index (χ0v) is 17.1. The lowest BCUT2D eigenvalue weighted by molar-refractivity contribution is 0.0589. The predicted molar refractivity (Wildman–Crippen MR) is 116 cm³/mol. The van der Waals surface area contributed by atoms with Gasteiger partial charge in [-0.15, -0.1) is 0 Å². The number of nitrogens with zero attached hydrogens (tertiary/aromatic N) is 4. The van der Waals surface area contributed by atoms with Crippen molar-refractivity contribution in [2.24, 2.45) is 0 Å². The number of piperazine rings is 1. The largest absolute Gasteiger partial charge is 0.335 e. The summed E-state index contributed by atoms with van der Waals surface area (Å²) >= 11 is 0. The van der Waals surface area contributed by atoms with Crippen LogP contribution in [0.5, 0.6) is 0 Å². The van der Waals surface area contributed by atoms with Crippen LogP contribution in [0.1, 0.15) is 34.6 Å². The quantitative estimate of drug-likeness (QED) is 0.659. The molecule has 1 aromatic heterocycles. The minimum atomic E-state index is -0.188. The maximum atomic E-state index is 12.9. The third-order valence-corrected chi connectivity index (χ3v) is 5.58. The molecule has 2 heterocycles. The molecule has 0 spiro atoms. The van der Waals surface area contributed by atoms with Gasteiger partial charge in [0, 0.05) is 38.8 Å². The molecule has 1 saturated heterocycles. The molecule has 6 heteroatoms. The Bertz CT molecular complexity index is 1000. The molecule has 0 radical (unpaired) electrons. The van der Waals surface area contributed by atoms with Crippen LogP contribution in [0, 0.1) is 0 Å². The van der Waals surface area contributed by atoms with Gasteiger partial charge >= 0.3 is 0 Å². The van der Waals surface area contributed by atoms with E-state index in [-0.39, 0.29) is 17.5 Å². The second-order valence-electron chi connectivity index (χ2n) is 7.42. The molecule has 3 aromatic rings. The molecule has 0 bridgehead atoms. The van der Waals surface area contributed by atoms with Gasteiger partial charge in [-0.25, -0.2) is 4.68 Å². The first-order valence-corrected chi connectivity index (χ1v) is 10.4. The Kier molecular flexibility index (Phi) is 6.05. The van der Waals surface area contributed by atoms with E-state index in [0.29, 0.717) is 25.3 Å². The van der Waals surface area contributed by atoms with Gasteiger partial charge in [0.2, 0.25) is 0 Å². The highest BCUT2D eigenvalue weighted by atomic mass is 16.2. The average Bonchev–Trinajstić information content (AvgIpc) is 2.81. The predicted octanol–water partition coefficient (Wildman–Crippen LogP) is 2.81. The lowest BCUT2D eigenvalue weighted by Crippen LogP contribution is -2.50. The van der Waals surface area contributed by atoms with Gasteiger partial charge in [-0.3, -0.25) is 14.5 Å². The summed E-state index contributed by atoms with van der Waals surface area (Å²) in [5.41, 5.74) is 2.64. The maximum absolute atomic E-state index is 12.9. The lowest BCUT2D eigenvalue weighted by Gasteiger charge is -2.39. The summed E-state index contributed by atoms with van der Waals surface area (Å²) in [6, 6.07) is 24.1. The number of amides is 1. The number of rotatable bonds is 5. The molecule has 0 atom stereocenters. The van der Waals surface area contributed by atoms with Gasteiger partial charge in [-0.05, 0) is 24.1 Å². The highest BCUT2D eigenvalue weighted by Gasteiger charge is 2.29. The third-order valence-electron chi connectivity index (χ3n) is 5.58. The van der Waals surface area contributed by atoms with E-state index in [0.717, 1.165) is 13.1 Å². The van der Waals surface area contributed by atoms with Gasteiger partial charge in [0.25, 0.3) is 11.5 Å². The highest BCUT2D eigenvalue weighted by Crippen LogP contribution is 2.29. The molecule has 1 aliphatic heterocycles. The Morgan fingerprint density at radius 1 is 0.867 bits per heavy atom. The molecule has 6 nitrogen and oxygen atoms in total. The third kappa shape index (κ3) is 4.19. The summed E-state index contributed by atoms with van der Waals surface area (Å²) in [6.45, 7) is 5.09. The maximum Gasteiger partial charge on any atom is 0.274 e. The van der Waals surface area contributed by atoms with Crippen LogP contribution in [0.4, 0.5) is 0 Å². The fraction of sp³-hybridized carbons (Fsp3) is 0.292. The van der Waals surface area contributed by atoms with Gasteiger partial charge in [0.1, 0.15) is 5.69 Å². The van der Waals surface area contributed by atoms with Crippen molar-refractivity contribution in [1.29, 1.82) is 0 Å². The van der Waals surface area contributed by atoms with Gasteiger partial charge in [0.15, 0.2) is 0 Å². The van der Waals surface area contributed by atoms with Gasteiger partial charge in [-0.1, -0.05) is 60.7 Å². The summed E-state index contributed by atoms with van der Waals surface area (Å²) in [4.78, 5) is 28.9. The summed E-state index contributed by atoms with van der Waals surface area (Å²) in [5, 5.41) is 4.21. The van der Waals surface area contributed by atoms with E-state index >= 15 is 0 Å². The molecule has 1 aliphatic rings. The zero-order valence-electron chi connectivity index (χ0n) is 17.1. The molecule has 0 N–H and O–H groups in total. The van der Waals surface area contributed by atoms with Gasteiger partial charge in [-0.2, -0.15) is 5.10 Å². The van der Waals surface area contributed by atoms with Crippen molar-refractivity contribution in [3.05, 3.63) is 100.0 Å². The first kappa shape index (κ1) is 20.0. The summed E-state index contributed by atoms with van der Waals surface area (Å²) < 4.78 is 1.32. The standard InChI is InChI=1S/C24H26N4O2/c1-2-28-22(29)14-13-21(25-28)24(30)27-17-15-26(16-18-27)23(19-9-5-3-6-10-19)20-11-7-4-8-12-20/h3-14,23H,2,15-18H2,1H3.